The van der Waals surface area contributed by atoms with Crippen LogP contribution in [0.1, 0.15) is 16.8 Å². The summed E-state index contributed by atoms with van der Waals surface area (Å²) in [6, 6.07) is 3.81. The van der Waals surface area contributed by atoms with Gasteiger partial charge in [-0.3, -0.25) is 4.79 Å². The highest BCUT2D eigenvalue weighted by Crippen LogP contribution is 2.32. The number of aliphatic hydroxyl groups excluding tert-OH is 1. The van der Waals surface area contributed by atoms with Crippen LogP contribution in [0.25, 0.3) is 0 Å². The maximum atomic E-state index is 12.7. The van der Waals surface area contributed by atoms with E-state index in [-0.39, 0.29) is 18.5 Å². The van der Waals surface area contributed by atoms with Gasteiger partial charge in [0.15, 0.2) is 0 Å². The SMILES string of the molecule is COc1cccc(OC)c1C(=O)N1C[C@H](O)C[C@H]1C(=O)O. The van der Waals surface area contributed by atoms with Crippen LogP contribution in [0.2, 0.25) is 0 Å². The maximum absolute atomic E-state index is 12.7. The molecule has 114 valence electrons. The number of hydrogen-bond acceptors (Lipinski definition) is 5. The van der Waals surface area contributed by atoms with Gasteiger partial charge in [-0.05, 0) is 12.1 Å². The van der Waals surface area contributed by atoms with Gasteiger partial charge < -0.3 is 24.6 Å². The van der Waals surface area contributed by atoms with Gasteiger partial charge >= 0.3 is 5.97 Å². The predicted octanol–water partition coefficient (Wildman–Crippen LogP) is 0.364. The summed E-state index contributed by atoms with van der Waals surface area (Å²) in [7, 11) is 2.83. The minimum absolute atomic E-state index is 0.0124. The van der Waals surface area contributed by atoms with E-state index < -0.39 is 24.0 Å². The molecule has 7 heteroatoms. The van der Waals surface area contributed by atoms with Crippen LogP contribution < -0.4 is 9.47 Å². The van der Waals surface area contributed by atoms with Crippen LogP contribution in [-0.4, -0.2) is 59.9 Å². The topological polar surface area (TPSA) is 96.3 Å². The summed E-state index contributed by atoms with van der Waals surface area (Å²) < 4.78 is 10.3. The summed E-state index contributed by atoms with van der Waals surface area (Å²) in [5, 5.41) is 18.8. The number of hydrogen-bond donors (Lipinski definition) is 2. The molecule has 0 aromatic heterocycles. The zero-order valence-corrected chi connectivity index (χ0v) is 11.8. The lowest BCUT2D eigenvalue weighted by Crippen LogP contribution is -2.40. The number of ether oxygens (including phenoxy) is 2. The van der Waals surface area contributed by atoms with Crippen LogP contribution in [0, 0.1) is 0 Å². The molecule has 1 heterocycles. The highest BCUT2D eigenvalue weighted by molar-refractivity contribution is 6.01. The number of carboxylic acids is 1. The molecule has 1 amide bonds. The van der Waals surface area contributed by atoms with Crippen molar-refractivity contribution in [3.8, 4) is 11.5 Å². The lowest BCUT2D eigenvalue weighted by molar-refractivity contribution is -0.141. The highest BCUT2D eigenvalue weighted by Gasteiger charge is 2.40. The third kappa shape index (κ3) is 2.78. The average molecular weight is 295 g/mol. The quantitative estimate of drug-likeness (QED) is 0.833. The standard InChI is InChI=1S/C14H17NO6/c1-20-10-4-3-5-11(21-2)12(10)13(17)15-7-8(16)6-9(15)14(18)19/h3-5,8-9,16H,6-7H2,1-2H3,(H,18,19)/t8-,9+/m1/s1. The van der Waals surface area contributed by atoms with Gasteiger partial charge in [-0.2, -0.15) is 0 Å². The molecule has 0 radical (unpaired) electrons. The number of aliphatic carboxylic acids is 1. The van der Waals surface area contributed by atoms with Gasteiger partial charge in [-0.15, -0.1) is 0 Å². The normalized spacial score (nSPS) is 21.2. The van der Waals surface area contributed by atoms with Gasteiger partial charge in [0.05, 0.1) is 20.3 Å². The van der Waals surface area contributed by atoms with Crippen molar-refractivity contribution < 1.29 is 29.3 Å². The number of aliphatic hydroxyl groups is 1. The summed E-state index contributed by atoms with van der Waals surface area (Å²) >= 11 is 0. The van der Waals surface area contributed by atoms with E-state index in [2.05, 4.69) is 0 Å². The maximum Gasteiger partial charge on any atom is 0.326 e. The Hall–Kier alpha value is -2.28. The van der Waals surface area contributed by atoms with E-state index in [0.29, 0.717) is 11.5 Å². The molecular formula is C14H17NO6. The van der Waals surface area contributed by atoms with E-state index in [1.54, 1.807) is 18.2 Å². The molecule has 2 atom stereocenters. The molecule has 0 bridgehead atoms. The second-order valence-electron chi connectivity index (χ2n) is 4.74. The molecule has 2 N–H and O–H groups in total. The Kier molecular flexibility index (Phi) is 4.32. The second-order valence-corrected chi connectivity index (χ2v) is 4.74. The molecule has 1 fully saturated rings. The fourth-order valence-corrected chi connectivity index (χ4v) is 2.48. The number of amides is 1. The summed E-state index contributed by atoms with van der Waals surface area (Å²) in [4.78, 5) is 25.0. The first-order chi connectivity index (χ1) is 9.99. The molecule has 7 nitrogen and oxygen atoms in total. The molecule has 0 unspecified atom stereocenters. The molecule has 0 spiro atoms. The number of carboxylic acid groups (broad SMARTS) is 1. The number of β-amino-alcohol motifs (C(OH)–C–C–N with tert-alkyl or cyclic N) is 1. The third-order valence-corrected chi connectivity index (χ3v) is 3.47. The Labute approximate surface area is 121 Å². The van der Waals surface area contributed by atoms with Gasteiger partial charge in [0, 0.05) is 13.0 Å². The monoisotopic (exact) mass is 295 g/mol. The molecule has 0 saturated carbocycles. The van der Waals surface area contributed by atoms with Crippen LogP contribution in [-0.2, 0) is 4.79 Å². The Morgan fingerprint density at radius 2 is 1.81 bits per heavy atom. The molecule has 0 aliphatic carbocycles. The Morgan fingerprint density at radius 1 is 1.24 bits per heavy atom. The molecule has 1 saturated heterocycles. The van der Waals surface area contributed by atoms with Crippen molar-refractivity contribution in [1.82, 2.24) is 4.90 Å². The van der Waals surface area contributed by atoms with Gasteiger partial charge in [0.1, 0.15) is 23.1 Å². The summed E-state index contributed by atoms with van der Waals surface area (Å²) in [6.45, 7) is -0.0308. The van der Waals surface area contributed by atoms with Crippen molar-refractivity contribution in [3.05, 3.63) is 23.8 Å². The second kappa shape index (κ2) is 6.01. The largest absolute Gasteiger partial charge is 0.496 e. The zero-order chi connectivity index (χ0) is 15.6. The Bertz CT molecular complexity index is 536. The summed E-state index contributed by atoms with van der Waals surface area (Å²) in [5.41, 5.74) is 0.155. The fraction of sp³-hybridized carbons (Fsp3) is 0.429. The molecule has 2 rings (SSSR count). The first-order valence-corrected chi connectivity index (χ1v) is 6.42. The van der Waals surface area contributed by atoms with Crippen LogP contribution in [0.4, 0.5) is 0 Å². The molecular weight excluding hydrogens is 278 g/mol. The Balaban J connectivity index is 2.42. The average Bonchev–Trinajstić information content (AvgIpc) is 2.87. The van der Waals surface area contributed by atoms with Crippen molar-refractivity contribution in [1.29, 1.82) is 0 Å². The third-order valence-electron chi connectivity index (χ3n) is 3.47. The molecule has 21 heavy (non-hydrogen) atoms. The number of carbonyl (C=O) groups is 2. The number of nitrogens with zero attached hydrogens (tertiary/aromatic N) is 1. The summed E-state index contributed by atoms with van der Waals surface area (Å²) in [5.74, 6) is -1.09. The Morgan fingerprint density at radius 3 is 2.29 bits per heavy atom. The van der Waals surface area contributed by atoms with Crippen molar-refractivity contribution >= 4 is 11.9 Å². The fourth-order valence-electron chi connectivity index (χ4n) is 2.48. The number of rotatable bonds is 4. The van der Waals surface area contributed by atoms with E-state index in [0.717, 1.165) is 4.90 Å². The number of carbonyl (C=O) groups excluding carboxylic acids is 1. The number of methoxy groups -OCH3 is 2. The van der Waals surface area contributed by atoms with Crippen LogP contribution in [0.5, 0.6) is 11.5 Å². The molecule has 1 aromatic rings. The van der Waals surface area contributed by atoms with Crippen molar-refractivity contribution in [2.75, 3.05) is 20.8 Å². The van der Waals surface area contributed by atoms with Crippen molar-refractivity contribution in [3.63, 3.8) is 0 Å². The number of benzene rings is 1. The van der Waals surface area contributed by atoms with Gasteiger partial charge in [0.25, 0.3) is 5.91 Å². The van der Waals surface area contributed by atoms with E-state index in [4.69, 9.17) is 9.47 Å². The van der Waals surface area contributed by atoms with Gasteiger partial charge in [-0.25, -0.2) is 4.79 Å². The van der Waals surface area contributed by atoms with E-state index in [1.807, 2.05) is 0 Å². The zero-order valence-electron chi connectivity index (χ0n) is 11.8. The summed E-state index contributed by atoms with van der Waals surface area (Å²) in [6.07, 6.45) is -0.839. The number of likely N-dealkylation sites (tertiary alicyclic amines) is 1. The van der Waals surface area contributed by atoms with E-state index >= 15 is 0 Å². The van der Waals surface area contributed by atoms with Gasteiger partial charge in [-0.1, -0.05) is 6.07 Å². The highest BCUT2D eigenvalue weighted by atomic mass is 16.5. The minimum atomic E-state index is -1.14. The molecule has 1 aliphatic rings. The lowest BCUT2D eigenvalue weighted by Gasteiger charge is -2.23. The molecule has 1 aliphatic heterocycles. The van der Waals surface area contributed by atoms with Crippen molar-refractivity contribution in [2.24, 2.45) is 0 Å². The minimum Gasteiger partial charge on any atom is -0.496 e. The first kappa shape index (κ1) is 15.1. The van der Waals surface area contributed by atoms with Gasteiger partial charge in [0.2, 0.25) is 0 Å². The molecule has 1 aromatic carbocycles. The van der Waals surface area contributed by atoms with Crippen molar-refractivity contribution in [2.45, 2.75) is 18.6 Å². The lowest BCUT2D eigenvalue weighted by atomic mass is 10.1. The smallest absolute Gasteiger partial charge is 0.326 e. The van der Waals surface area contributed by atoms with Crippen LogP contribution in [0.3, 0.4) is 0 Å². The van der Waals surface area contributed by atoms with E-state index in [1.165, 1.54) is 14.2 Å². The predicted molar refractivity (Wildman–Crippen MR) is 72.6 cm³/mol. The van der Waals surface area contributed by atoms with Crippen LogP contribution >= 0.6 is 0 Å². The van der Waals surface area contributed by atoms with Crippen LogP contribution in [0.15, 0.2) is 18.2 Å². The first-order valence-electron chi connectivity index (χ1n) is 6.42. The van der Waals surface area contributed by atoms with E-state index in [9.17, 15) is 19.8 Å².